The van der Waals surface area contributed by atoms with E-state index in [9.17, 15) is 4.79 Å². The van der Waals surface area contributed by atoms with Crippen molar-refractivity contribution in [2.45, 2.75) is 32.6 Å². The van der Waals surface area contributed by atoms with Gasteiger partial charge in [0.15, 0.2) is 0 Å². The van der Waals surface area contributed by atoms with Crippen LogP contribution in [0.25, 0.3) is 0 Å². The second-order valence-corrected chi connectivity index (χ2v) is 2.48. The Labute approximate surface area is 67.5 Å². The zero-order chi connectivity index (χ0) is 8.53. The lowest BCUT2D eigenvalue weighted by molar-refractivity contribution is 0.244. The van der Waals surface area contributed by atoms with E-state index in [0.717, 1.165) is 13.0 Å². The van der Waals surface area contributed by atoms with Crippen molar-refractivity contribution in [2.24, 2.45) is 5.73 Å². The molecule has 0 aromatic rings. The first kappa shape index (κ1) is 10.2. The molecule has 0 aliphatic carbocycles. The van der Waals surface area contributed by atoms with Crippen LogP contribution in [0, 0.1) is 0 Å². The Bertz CT molecular complexity index is 106. The van der Waals surface area contributed by atoms with E-state index < -0.39 is 6.03 Å². The molecule has 0 fully saturated rings. The average Bonchev–Trinajstić information content (AvgIpc) is 1.96. The van der Waals surface area contributed by atoms with Crippen molar-refractivity contribution in [3.63, 3.8) is 0 Å². The zero-order valence-corrected chi connectivity index (χ0v) is 7.02. The molecule has 0 unspecified atom stereocenters. The summed E-state index contributed by atoms with van der Waals surface area (Å²) >= 11 is 0. The molecule has 0 spiro atoms. The highest BCUT2D eigenvalue weighted by atomic mass is 16.2. The summed E-state index contributed by atoms with van der Waals surface area (Å²) in [7, 11) is 0. The van der Waals surface area contributed by atoms with Crippen LogP contribution in [0.5, 0.6) is 0 Å². The van der Waals surface area contributed by atoms with Gasteiger partial charge < -0.3 is 5.73 Å². The van der Waals surface area contributed by atoms with Gasteiger partial charge in [-0.15, -0.1) is 0 Å². The maximum absolute atomic E-state index is 10.1. The van der Waals surface area contributed by atoms with Gasteiger partial charge in [-0.3, -0.25) is 5.43 Å². The Hall–Kier alpha value is -0.770. The molecule has 0 bridgehead atoms. The summed E-state index contributed by atoms with van der Waals surface area (Å²) in [5, 5.41) is 0. The number of rotatable bonds is 6. The van der Waals surface area contributed by atoms with E-state index >= 15 is 0 Å². The number of urea groups is 1. The molecule has 0 atom stereocenters. The number of hydrogen-bond donors (Lipinski definition) is 3. The van der Waals surface area contributed by atoms with E-state index in [2.05, 4.69) is 17.8 Å². The number of nitrogens with two attached hydrogens (primary N) is 1. The fraction of sp³-hybridized carbons (Fsp3) is 0.857. The van der Waals surface area contributed by atoms with Gasteiger partial charge in [-0.05, 0) is 6.42 Å². The molecular formula is C7H17N3O. The number of unbranched alkanes of at least 4 members (excludes halogenated alkanes) is 3. The fourth-order valence-electron chi connectivity index (χ4n) is 0.790. The van der Waals surface area contributed by atoms with Crippen molar-refractivity contribution in [1.82, 2.24) is 10.9 Å². The molecule has 0 rings (SSSR count). The Morgan fingerprint density at radius 3 is 2.64 bits per heavy atom. The number of hydrogen-bond acceptors (Lipinski definition) is 2. The van der Waals surface area contributed by atoms with Gasteiger partial charge in [0.05, 0.1) is 0 Å². The number of primary amides is 1. The van der Waals surface area contributed by atoms with Crippen LogP contribution < -0.4 is 16.6 Å². The molecule has 2 amide bonds. The molecule has 0 saturated heterocycles. The van der Waals surface area contributed by atoms with Crippen LogP contribution in [0.2, 0.25) is 0 Å². The van der Waals surface area contributed by atoms with Crippen LogP contribution in [-0.4, -0.2) is 12.6 Å². The SMILES string of the molecule is CCCCCCNNC(N)=O. The highest BCUT2D eigenvalue weighted by molar-refractivity contribution is 5.70. The summed E-state index contributed by atoms with van der Waals surface area (Å²) in [6, 6.07) is -0.527. The summed E-state index contributed by atoms with van der Waals surface area (Å²) in [4.78, 5) is 10.1. The minimum atomic E-state index is -0.527. The van der Waals surface area contributed by atoms with Crippen molar-refractivity contribution in [3.05, 3.63) is 0 Å². The molecule has 11 heavy (non-hydrogen) atoms. The van der Waals surface area contributed by atoms with Gasteiger partial charge in [-0.25, -0.2) is 10.2 Å². The average molecular weight is 159 g/mol. The molecule has 0 heterocycles. The van der Waals surface area contributed by atoms with Crippen LogP contribution in [0.15, 0.2) is 0 Å². The lowest BCUT2D eigenvalue weighted by Gasteiger charge is -2.02. The molecular weight excluding hydrogens is 142 g/mol. The Kier molecular flexibility index (Phi) is 6.82. The van der Waals surface area contributed by atoms with Crippen molar-refractivity contribution in [3.8, 4) is 0 Å². The molecule has 0 saturated carbocycles. The van der Waals surface area contributed by atoms with Crippen molar-refractivity contribution in [1.29, 1.82) is 0 Å². The second-order valence-electron chi connectivity index (χ2n) is 2.48. The van der Waals surface area contributed by atoms with Crippen molar-refractivity contribution in [2.75, 3.05) is 6.54 Å². The highest BCUT2D eigenvalue weighted by Crippen LogP contribution is 1.96. The van der Waals surface area contributed by atoms with Crippen LogP contribution in [0.3, 0.4) is 0 Å². The normalized spacial score (nSPS) is 9.55. The van der Waals surface area contributed by atoms with Gasteiger partial charge in [-0.2, -0.15) is 0 Å². The molecule has 0 radical (unpaired) electrons. The number of nitrogens with one attached hydrogen (secondary N) is 2. The first-order valence-electron chi connectivity index (χ1n) is 4.05. The predicted molar refractivity (Wildman–Crippen MR) is 44.9 cm³/mol. The van der Waals surface area contributed by atoms with Gasteiger partial charge in [0.2, 0.25) is 0 Å². The summed E-state index contributed by atoms with van der Waals surface area (Å²) in [5.41, 5.74) is 9.85. The van der Waals surface area contributed by atoms with Crippen LogP contribution in [0.1, 0.15) is 32.6 Å². The first-order chi connectivity index (χ1) is 5.27. The summed E-state index contributed by atoms with van der Waals surface area (Å²) in [5.74, 6) is 0. The quantitative estimate of drug-likeness (QED) is 0.395. The third-order valence-electron chi connectivity index (χ3n) is 1.37. The molecule has 0 aliphatic heterocycles. The minimum Gasteiger partial charge on any atom is -0.351 e. The number of carbonyl (C=O) groups excluding carboxylic acids is 1. The maximum atomic E-state index is 10.1. The van der Waals surface area contributed by atoms with Crippen LogP contribution in [0.4, 0.5) is 4.79 Å². The van der Waals surface area contributed by atoms with Gasteiger partial charge in [0.1, 0.15) is 0 Å². The molecule has 0 aliphatic rings. The lowest BCUT2D eigenvalue weighted by Crippen LogP contribution is -2.41. The number of hydrazine groups is 1. The number of carbonyl (C=O) groups is 1. The molecule has 0 aromatic heterocycles. The summed E-state index contributed by atoms with van der Waals surface area (Å²) in [6.45, 7) is 2.96. The minimum absolute atomic E-state index is 0.527. The topological polar surface area (TPSA) is 67.2 Å². The van der Waals surface area contributed by atoms with E-state index in [4.69, 9.17) is 5.73 Å². The Morgan fingerprint density at radius 2 is 2.09 bits per heavy atom. The van der Waals surface area contributed by atoms with E-state index in [-0.39, 0.29) is 0 Å². The van der Waals surface area contributed by atoms with Crippen LogP contribution in [-0.2, 0) is 0 Å². The van der Waals surface area contributed by atoms with Gasteiger partial charge >= 0.3 is 6.03 Å². The second kappa shape index (κ2) is 7.34. The van der Waals surface area contributed by atoms with Gasteiger partial charge in [0.25, 0.3) is 0 Å². The zero-order valence-electron chi connectivity index (χ0n) is 7.02. The number of amides is 2. The molecule has 66 valence electrons. The maximum Gasteiger partial charge on any atom is 0.326 e. The van der Waals surface area contributed by atoms with Crippen molar-refractivity contribution >= 4 is 6.03 Å². The van der Waals surface area contributed by atoms with Gasteiger partial charge in [-0.1, -0.05) is 26.2 Å². The molecule has 0 aromatic carbocycles. The molecule has 4 N–H and O–H groups in total. The smallest absolute Gasteiger partial charge is 0.326 e. The summed E-state index contributed by atoms with van der Waals surface area (Å²) in [6.07, 6.45) is 4.75. The predicted octanol–water partition coefficient (Wildman–Crippen LogP) is 0.740. The monoisotopic (exact) mass is 159 g/mol. The Morgan fingerprint density at radius 1 is 1.36 bits per heavy atom. The lowest BCUT2D eigenvalue weighted by atomic mass is 10.2. The van der Waals surface area contributed by atoms with Crippen molar-refractivity contribution < 1.29 is 4.79 Å². The van der Waals surface area contributed by atoms with Gasteiger partial charge in [0, 0.05) is 6.54 Å². The van der Waals surface area contributed by atoms with E-state index in [1.165, 1.54) is 19.3 Å². The first-order valence-corrected chi connectivity index (χ1v) is 4.05. The highest BCUT2D eigenvalue weighted by Gasteiger charge is 1.89. The Balaban J connectivity index is 2.85. The van der Waals surface area contributed by atoms with Crippen LogP contribution >= 0.6 is 0 Å². The third-order valence-corrected chi connectivity index (χ3v) is 1.37. The largest absolute Gasteiger partial charge is 0.351 e. The molecule has 4 nitrogen and oxygen atoms in total. The van der Waals surface area contributed by atoms with E-state index in [1.807, 2.05) is 0 Å². The fourth-order valence-corrected chi connectivity index (χ4v) is 0.790. The molecule has 4 heteroatoms. The van der Waals surface area contributed by atoms with E-state index in [0.29, 0.717) is 0 Å². The van der Waals surface area contributed by atoms with E-state index in [1.54, 1.807) is 0 Å². The third kappa shape index (κ3) is 9.23. The standard InChI is InChI=1S/C7H17N3O/c1-2-3-4-5-6-9-10-7(8)11/h9H,2-6H2,1H3,(H3,8,10,11). The summed E-state index contributed by atoms with van der Waals surface area (Å²) < 4.78 is 0.